The fourth-order valence-electron chi connectivity index (χ4n) is 1.09. The molecule has 0 fully saturated rings. The monoisotopic (exact) mass is 196 g/mol. The second-order valence-electron chi connectivity index (χ2n) is 3.81. The smallest absolute Gasteiger partial charge is 0.145 e. The average molecular weight is 196 g/mol. The molecule has 0 amide bonds. The summed E-state index contributed by atoms with van der Waals surface area (Å²) in [5.41, 5.74) is 5.21. The number of rotatable bonds is 4. The van der Waals surface area contributed by atoms with Crippen LogP contribution in [0.4, 0.5) is 11.6 Å². The average Bonchev–Trinajstić information content (AvgIpc) is 2.08. The lowest BCUT2D eigenvalue weighted by molar-refractivity contribution is 0.260. The number of nitrogen functional groups attached to an aromatic ring is 1. The maximum absolute atomic E-state index is 8.83. The summed E-state index contributed by atoms with van der Waals surface area (Å²) in [6.07, 6.45) is 3.73. The molecule has 0 unspecified atom stereocenters. The van der Waals surface area contributed by atoms with E-state index in [0.717, 1.165) is 0 Å². The molecule has 0 aliphatic rings. The molecule has 0 spiro atoms. The fraction of sp³-hybridized carbons (Fsp3) is 0.556. The van der Waals surface area contributed by atoms with Crippen LogP contribution in [0.3, 0.4) is 0 Å². The van der Waals surface area contributed by atoms with E-state index < -0.39 is 0 Å². The minimum atomic E-state index is -0.195. The molecule has 14 heavy (non-hydrogen) atoms. The zero-order valence-electron chi connectivity index (χ0n) is 8.49. The van der Waals surface area contributed by atoms with Crippen molar-refractivity contribution in [1.82, 2.24) is 9.97 Å². The molecule has 5 nitrogen and oxygen atoms in total. The second kappa shape index (κ2) is 4.23. The SMILES string of the molecule is CC(C)(CCO)Nc1cnc(N)cn1. The molecule has 0 aliphatic carbocycles. The molecule has 0 aliphatic heterocycles. The lowest BCUT2D eigenvalue weighted by Gasteiger charge is -2.25. The van der Waals surface area contributed by atoms with Gasteiger partial charge in [0.25, 0.3) is 0 Å². The van der Waals surface area contributed by atoms with Crippen LogP contribution in [0.15, 0.2) is 12.4 Å². The van der Waals surface area contributed by atoms with E-state index in [-0.39, 0.29) is 12.1 Å². The van der Waals surface area contributed by atoms with Gasteiger partial charge < -0.3 is 16.2 Å². The fourth-order valence-corrected chi connectivity index (χ4v) is 1.09. The van der Waals surface area contributed by atoms with E-state index >= 15 is 0 Å². The molecule has 1 aromatic rings. The number of hydrogen-bond donors (Lipinski definition) is 3. The van der Waals surface area contributed by atoms with Gasteiger partial charge in [-0.3, -0.25) is 0 Å². The Bertz CT molecular complexity index is 283. The second-order valence-corrected chi connectivity index (χ2v) is 3.81. The van der Waals surface area contributed by atoms with Crippen LogP contribution in [0, 0.1) is 0 Å². The third kappa shape index (κ3) is 3.18. The molecule has 0 aromatic carbocycles. The Hall–Kier alpha value is -1.36. The van der Waals surface area contributed by atoms with Gasteiger partial charge in [0.05, 0.1) is 12.4 Å². The van der Waals surface area contributed by atoms with Crippen molar-refractivity contribution in [2.24, 2.45) is 0 Å². The van der Waals surface area contributed by atoms with Crippen molar-refractivity contribution in [1.29, 1.82) is 0 Å². The van der Waals surface area contributed by atoms with Crippen LogP contribution in [0.2, 0.25) is 0 Å². The molecule has 0 saturated heterocycles. The summed E-state index contributed by atoms with van der Waals surface area (Å²) in [5, 5.41) is 12.0. The summed E-state index contributed by atoms with van der Waals surface area (Å²) in [7, 11) is 0. The van der Waals surface area contributed by atoms with Gasteiger partial charge in [-0.25, -0.2) is 9.97 Å². The number of nitrogens with two attached hydrogens (primary N) is 1. The van der Waals surface area contributed by atoms with E-state index in [2.05, 4.69) is 15.3 Å². The van der Waals surface area contributed by atoms with Gasteiger partial charge in [-0.05, 0) is 20.3 Å². The van der Waals surface area contributed by atoms with Crippen LogP contribution in [0.25, 0.3) is 0 Å². The maximum Gasteiger partial charge on any atom is 0.145 e. The molecule has 1 heterocycles. The van der Waals surface area contributed by atoms with Gasteiger partial charge in [-0.2, -0.15) is 0 Å². The van der Waals surface area contributed by atoms with Crippen LogP contribution < -0.4 is 11.1 Å². The summed E-state index contributed by atoms with van der Waals surface area (Å²) >= 11 is 0. The molecule has 0 saturated carbocycles. The Balaban J connectivity index is 2.64. The Morgan fingerprint density at radius 3 is 2.64 bits per heavy atom. The van der Waals surface area contributed by atoms with Crippen molar-refractivity contribution >= 4 is 11.6 Å². The first-order valence-electron chi connectivity index (χ1n) is 4.50. The first kappa shape index (κ1) is 10.7. The van der Waals surface area contributed by atoms with Gasteiger partial charge in [0.1, 0.15) is 11.6 Å². The molecule has 0 bridgehead atoms. The van der Waals surface area contributed by atoms with Crippen molar-refractivity contribution < 1.29 is 5.11 Å². The standard InChI is InChI=1S/C9H16N4O/c1-9(2,3-4-14)13-8-6-11-7(10)5-12-8/h5-6,14H,3-4H2,1-2H3,(H2,10,11)(H,12,13). The van der Waals surface area contributed by atoms with E-state index in [1.165, 1.54) is 6.20 Å². The summed E-state index contributed by atoms with van der Waals surface area (Å²) in [5.74, 6) is 1.06. The highest BCUT2D eigenvalue weighted by Crippen LogP contribution is 2.15. The number of aliphatic hydroxyl groups excluding tert-OH is 1. The van der Waals surface area contributed by atoms with Crippen molar-refractivity contribution in [2.75, 3.05) is 17.7 Å². The van der Waals surface area contributed by atoms with Crippen LogP contribution in [0.5, 0.6) is 0 Å². The predicted molar refractivity (Wildman–Crippen MR) is 55.8 cm³/mol. The van der Waals surface area contributed by atoms with Crippen molar-refractivity contribution in [3.05, 3.63) is 12.4 Å². The Labute approximate surface area is 83.4 Å². The van der Waals surface area contributed by atoms with Crippen molar-refractivity contribution in [2.45, 2.75) is 25.8 Å². The molecule has 0 radical (unpaired) electrons. The van der Waals surface area contributed by atoms with E-state index in [0.29, 0.717) is 18.1 Å². The van der Waals surface area contributed by atoms with Gasteiger partial charge in [-0.1, -0.05) is 0 Å². The quantitative estimate of drug-likeness (QED) is 0.657. The van der Waals surface area contributed by atoms with E-state index in [4.69, 9.17) is 10.8 Å². The largest absolute Gasteiger partial charge is 0.396 e. The molecule has 0 atom stereocenters. The minimum Gasteiger partial charge on any atom is -0.396 e. The van der Waals surface area contributed by atoms with Crippen LogP contribution in [-0.4, -0.2) is 27.2 Å². The molecule has 4 N–H and O–H groups in total. The zero-order valence-corrected chi connectivity index (χ0v) is 8.49. The highest BCUT2D eigenvalue weighted by molar-refractivity contribution is 5.38. The number of hydrogen-bond acceptors (Lipinski definition) is 5. The Morgan fingerprint density at radius 2 is 2.14 bits per heavy atom. The molecule has 1 aromatic heterocycles. The third-order valence-electron chi connectivity index (χ3n) is 1.88. The lowest BCUT2D eigenvalue weighted by atomic mass is 10.0. The number of nitrogens with one attached hydrogen (secondary N) is 1. The van der Waals surface area contributed by atoms with Gasteiger partial charge in [0, 0.05) is 12.1 Å². The first-order valence-corrected chi connectivity index (χ1v) is 4.50. The Morgan fingerprint density at radius 1 is 1.43 bits per heavy atom. The summed E-state index contributed by atoms with van der Waals surface area (Å²) in [4.78, 5) is 7.98. The van der Waals surface area contributed by atoms with E-state index in [1.807, 2.05) is 13.8 Å². The summed E-state index contributed by atoms with van der Waals surface area (Å²) < 4.78 is 0. The highest BCUT2D eigenvalue weighted by Gasteiger charge is 2.16. The third-order valence-corrected chi connectivity index (χ3v) is 1.88. The topological polar surface area (TPSA) is 84.1 Å². The van der Waals surface area contributed by atoms with Crippen molar-refractivity contribution in [3.63, 3.8) is 0 Å². The van der Waals surface area contributed by atoms with Gasteiger partial charge in [0.2, 0.25) is 0 Å². The number of aliphatic hydroxyl groups is 1. The predicted octanol–water partition coefficient (Wildman–Crippen LogP) is 0.632. The van der Waals surface area contributed by atoms with Crippen LogP contribution in [0.1, 0.15) is 20.3 Å². The zero-order chi connectivity index (χ0) is 10.6. The number of nitrogens with zero attached hydrogens (tertiary/aromatic N) is 2. The van der Waals surface area contributed by atoms with Crippen LogP contribution in [-0.2, 0) is 0 Å². The summed E-state index contributed by atoms with van der Waals surface area (Å²) in [6.45, 7) is 4.12. The first-order chi connectivity index (χ1) is 6.53. The highest BCUT2D eigenvalue weighted by atomic mass is 16.3. The Kier molecular flexibility index (Phi) is 3.24. The molecule has 78 valence electrons. The molecule has 5 heteroatoms. The maximum atomic E-state index is 8.83. The van der Waals surface area contributed by atoms with Gasteiger partial charge >= 0.3 is 0 Å². The lowest BCUT2D eigenvalue weighted by Crippen LogP contribution is -2.32. The van der Waals surface area contributed by atoms with Gasteiger partial charge in [0.15, 0.2) is 0 Å². The normalized spacial score (nSPS) is 11.4. The molecular weight excluding hydrogens is 180 g/mol. The number of anilines is 2. The van der Waals surface area contributed by atoms with E-state index in [1.54, 1.807) is 6.20 Å². The summed E-state index contributed by atoms with van der Waals surface area (Å²) in [6, 6.07) is 0. The van der Waals surface area contributed by atoms with Crippen molar-refractivity contribution in [3.8, 4) is 0 Å². The molecule has 1 rings (SSSR count). The van der Waals surface area contributed by atoms with Crippen LogP contribution >= 0.6 is 0 Å². The van der Waals surface area contributed by atoms with E-state index in [9.17, 15) is 0 Å². The molecular formula is C9H16N4O. The minimum absolute atomic E-state index is 0.141. The van der Waals surface area contributed by atoms with Gasteiger partial charge in [-0.15, -0.1) is 0 Å². The number of aromatic nitrogens is 2.